The van der Waals surface area contributed by atoms with Gasteiger partial charge in [-0.3, -0.25) is 0 Å². The highest BCUT2D eigenvalue weighted by Crippen LogP contribution is 2.38. The average Bonchev–Trinajstić information content (AvgIpc) is 3.09. The third-order valence-corrected chi connectivity index (χ3v) is 8.11. The van der Waals surface area contributed by atoms with Crippen LogP contribution in [0.5, 0.6) is 0 Å². The summed E-state index contributed by atoms with van der Waals surface area (Å²) in [5.74, 6) is 0.509. The molecule has 1 aromatic carbocycles. The largest absolute Gasteiger partial charge is 0.250 e. The Morgan fingerprint density at radius 1 is 1.04 bits per heavy atom. The molecule has 0 saturated heterocycles. The Bertz CT molecular complexity index is 711. The molecular weight excluding hydrogens is 326 g/mol. The van der Waals surface area contributed by atoms with Crippen LogP contribution in [0.3, 0.4) is 0 Å². The zero-order chi connectivity index (χ0) is 16.1. The van der Waals surface area contributed by atoms with Gasteiger partial charge in [-0.2, -0.15) is 0 Å². The first-order chi connectivity index (χ1) is 11.2. The number of sulfone groups is 1. The summed E-state index contributed by atoms with van der Waals surface area (Å²) in [6, 6.07) is 14.4. The lowest BCUT2D eigenvalue weighted by molar-refractivity contribution is 0.511. The molecule has 0 radical (unpaired) electrons. The van der Waals surface area contributed by atoms with Crippen molar-refractivity contribution in [3.05, 3.63) is 54.7 Å². The fraction of sp³-hybridized carbons (Fsp3) is 0.389. The second-order valence-corrected chi connectivity index (χ2v) is 9.61. The smallest absolute Gasteiger partial charge is 0.190 e. The van der Waals surface area contributed by atoms with Gasteiger partial charge in [0.1, 0.15) is 4.58 Å². The quantitative estimate of drug-likeness (QED) is 0.719. The van der Waals surface area contributed by atoms with Crippen molar-refractivity contribution >= 4 is 21.6 Å². The van der Waals surface area contributed by atoms with E-state index in [0.717, 1.165) is 17.9 Å². The molecule has 0 spiro atoms. The van der Waals surface area contributed by atoms with Crippen molar-refractivity contribution in [3.8, 4) is 0 Å². The summed E-state index contributed by atoms with van der Waals surface area (Å²) in [6.45, 7) is 0. The van der Waals surface area contributed by atoms with Crippen LogP contribution in [0.25, 0.3) is 0 Å². The average molecular weight is 348 g/mol. The Labute approximate surface area is 142 Å². The molecule has 1 aliphatic rings. The summed E-state index contributed by atoms with van der Waals surface area (Å²) in [4.78, 5) is 4.71. The van der Waals surface area contributed by atoms with Gasteiger partial charge in [0.25, 0.3) is 0 Å². The minimum absolute atomic E-state index is 0.409. The molecule has 1 saturated carbocycles. The fourth-order valence-corrected chi connectivity index (χ4v) is 6.49. The van der Waals surface area contributed by atoms with Crippen LogP contribution in [0.15, 0.2) is 64.6 Å². The Hall–Kier alpha value is -1.33. The molecule has 122 valence electrons. The maximum absolute atomic E-state index is 13.1. The van der Waals surface area contributed by atoms with E-state index in [1.807, 2.05) is 24.3 Å². The Balaban J connectivity index is 1.87. The third-order valence-electron chi connectivity index (χ3n) is 4.31. The van der Waals surface area contributed by atoms with Crippen LogP contribution in [0.2, 0.25) is 0 Å². The van der Waals surface area contributed by atoms with Crippen LogP contribution < -0.4 is 0 Å². The number of benzene rings is 1. The van der Waals surface area contributed by atoms with E-state index in [0.29, 0.717) is 17.2 Å². The van der Waals surface area contributed by atoms with Gasteiger partial charge in [-0.05, 0) is 36.6 Å². The first-order valence-corrected chi connectivity index (χ1v) is 10.5. The highest BCUT2D eigenvalue weighted by atomic mass is 32.3. The van der Waals surface area contributed by atoms with Crippen molar-refractivity contribution in [2.24, 2.45) is 5.92 Å². The number of hydrogen-bond donors (Lipinski definition) is 0. The standard InChI is InChI=1S/C18H21NO2S2/c20-23(21,16-10-2-1-3-11-16)18(14-15-8-4-5-9-15)22-17-12-6-7-13-19-17/h1-3,6-7,10-13,15,18H,4-5,8-9,14H2. The molecule has 2 aromatic rings. The monoisotopic (exact) mass is 347 g/mol. The molecule has 5 heteroatoms. The van der Waals surface area contributed by atoms with Crippen LogP contribution in [0.1, 0.15) is 32.1 Å². The van der Waals surface area contributed by atoms with Crippen LogP contribution in [0, 0.1) is 5.92 Å². The first kappa shape index (κ1) is 16.5. The number of pyridine rings is 1. The van der Waals surface area contributed by atoms with Crippen LogP contribution >= 0.6 is 11.8 Å². The van der Waals surface area contributed by atoms with Gasteiger partial charge < -0.3 is 0 Å². The summed E-state index contributed by atoms with van der Waals surface area (Å²) < 4.78 is 25.7. The maximum atomic E-state index is 13.1. The zero-order valence-corrected chi connectivity index (χ0v) is 14.6. The molecule has 0 amide bonds. The highest BCUT2D eigenvalue weighted by molar-refractivity contribution is 8.13. The van der Waals surface area contributed by atoms with Crippen molar-refractivity contribution in [1.29, 1.82) is 0 Å². The van der Waals surface area contributed by atoms with Gasteiger partial charge >= 0.3 is 0 Å². The van der Waals surface area contributed by atoms with Crippen LogP contribution in [0.4, 0.5) is 0 Å². The minimum atomic E-state index is -3.36. The van der Waals surface area contributed by atoms with Gasteiger partial charge in [0.2, 0.25) is 0 Å². The van der Waals surface area contributed by atoms with E-state index in [1.165, 1.54) is 24.6 Å². The predicted molar refractivity (Wildman–Crippen MR) is 94.1 cm³/mol. The molecule has 3 nitrogen and oxygen atoms in total. The Morgan fingerprint density at radius 3 is 2.39 bits per heavy atom. The van der Waals surface area contributed by atoms with Gasteiger partial charge in [-0.1, -0.05) is 61.7 Å². The summed E-state index contributed by atoms with van der Waals surface area (Å²) in [5.41, 5.74) is 0. The van der Waals surface area contributed by atoms with Crippen molar-refractivity contribution in [1.82, 2.24) is 4.98 Å². The molecule has 1 heterocycles. The van der Waals surface area contributed by atoms with Gasteiger partial charge in [-0.25, -0.2) is 13.4 Å². The van der Waals surface area contributed by atoms with Crippen LogP contribution in [-0.4, -0.2) is 18.0 Å². The fourth-order valence-electron chi connectivity index (χ4n) is 3.07. The van der Waals surface area contributed by atoms with Crippen LogP contribution in [-0.2, 0) is 9.84 Å². The van der Waals surface area contributed by atoms with E-state index in [1.54, 1.807) is 30.5 Å². The number of hydrogen-bond acceptors (Lipinski definition) is 4. The van der Waals surface area contributed by atoms with Crippen molar-refractivity contribution in [2.45, 2.75) is 46.6 Å². The molecule has 1 atom stereocenters. The van der Waals surface area contributed by atoms with Crippen molar-refractivity contribution in [3.63, 3.8) is 0 Å². The summed E-state index contributed by atoms with van der Waals surface area (Å²) >= 11 is 1.38. The molecule has 23 heavy (non-hydrogen) atoms. The first-order valence-electron chi connectivity index (χ1n) is 8.03. The van der Waals surface area contributed by atoms with E-state index in [9.17, 15) is 8.42 Å². The van der Waals surface area contributed by atoms with Gasteiger partial charge in [-0.15, -0.1) is 0 Å². The molecule has 1 aromatic heterocycles. The van der Waals surface area contributed by atoms with Gasteiger partial charge in [0.15, 0.2) is 9.84 Å². The van der Waals surface area contributed by atoms with Gasteiger partial charge in [0, 0.05) is 6.20 Å². The van der Waals surface area contributed by atoms with Crippen molar-refractivity contribution < 1.29 is 8.42 Å². The lowest BCUT2D eigenvalue weighted by atomic mass is 10.1. The van der Waals surface area contributed by atoms with E-state index >= 15 is 0 Å². The normalized spacial score (nSPS) is 17.2. The molecule has 1 unspecified atom stereocenters. The molecular formula is C18H21NO2S2. The molecule has 1 aliphatic carbocycles. The zero-order valence-electron chi connectivity index (χ0n) is 13.0. The number of aromatic nitrogens is 1. The molecule has 0 bridgehead atoms. The number of thioether (sulfide) groups is 1. The highest BCUT2D eigenvalue weighted by Gasteiger charge is 2.32. The van der Waals surface area contributed by atoms with E-state index in [2.05, 4.69) is 4.98 Å². The summed E-state index contributed by atoms with van der Waals surface area (Å²) in [5, 5.41) is 0.773. The molecule has 0 N–H and O–H groups in total. The summed E-state index contributed by atoms with van der Waals surface area (Å²) in [6.07, 6.45) is 7.14. The number of nitrogens with zero attached hydrogens (tertiary/aromatic N) is 1. The second kappa shape index (κ2) is 7.49. The second-order valence-electron chi connectivity index (χ2n) is 5.96. The lowest BCUT2D eigenvalue weighted by Gasteiger charge is -2.20. The molecule has 3 rings (SSSR count). The SMILES string of the molecule is O=S(=O)(c1ccccc1)C(CC1CCCC1)Sc1ccccn1. The van der Waals surface area contributed by atoms with Gasteiger partial charge in [0.05, 0.1) is 9.92 Å². The van der Waals surface area contributed by atoms with E-state index < -0.39 is 14.4 Å². The maximum Gasteiger partial charge on any atom is 0.190 e. The lowest BCUT2D eigenvalue weighted by Crippen LogP contribution is -2.21. The Morgan fingerprint density at radius 2 is 1.74 bits per heavy atom. The Kier molecular flexibility index (Phi) is 5.38. The minimum Gasteiger partial charge on any atom is -0.250 e. The topological polar surface area (TPSA) is 47.0 Å². The third kappa shape index (κ3) is 4.15. The molecule has 1 fully saturated rings. The predicted octanol–water partition coefficient (Wildman–Crippen LogP) is 4.55. The number of rotatable bonds is 6. The van der Waals surface area contributed by atoms with E-state index in [4.69, 9.17) is 0 Å². The van der Waals surface area contributed by atoms with Crippen molar-refractivity contribution in [2.75, 3.05) is 0 Å². The summed E-state index contributed by atoms with van der Waals surface area (Å²) in [7, 11) is -3.36. The van der Waals surface area contributed by atoms with E-state index in [-0.39, 0.29) is 0 Å². The molecule has 0 aliphatic heterocycles.